The van der Waals surface area contributed by atoms with E-state index >= 15 is 0 Å². The summed E-state index contributed by atoms with van der Waals surface area (Å²) in [4.78, 5) is 12.2. The van der Waals surface area contributed by atoms with Crippen molar-refractivity contribution >= 4 is 11.3 Å². The van der Waals surface area contributed by atoms with Crippen LogP contribution in [0.25, 0.3) is 10.8 Å². The summed E-state index contributed by atoms with van der Waals surface area (Å²) in [6.07, 6.45) is 7.55. The van der Waals surface area contributed by atoms with Crippen molar-refractivity contribution in [1.29, 1.82) is 0 Å². The maximum Gasteiger partial charge on any atom is 0.236 e. The topological polar surface area (TPSA) is 60.0 Å². The van der Waals surface area contributed by atoms with Crippen LogP contribution in [-0.4, -0.2) is 37.2 Å². The number of hydrogen-bond acceptors (Lipinski definition) is 6. The molecular weight excluding hydrogens is 298 g/mol. The van der Waals surface area contributed by atoms with Gasteiger partial charge in [-0.1, -0.05) is 6.07 Å². The summed E-state index contributed by atoms with van der Waals surface area (Å²) in [6.45, 7) is 2.81. The smallest absolute Gasteiger partial charge is 0.236 e. The van der Waals surface area contributed by atoms with E-state index in [2.05, 4.69) is 20.0 Å². The minimum atomic E-state index is 0.489. The second kappa shape index (κ2) is 6.02. The van der Waals surface area contributed by atoms with Crippen LogP contribution >= 0.6 is 11.3 Å². The van der Waals surface area contributed by atoms with E-state index in [0.29, 0.717) is 6.04 Å². The Morgan fingerprint density at radius 3 is 3.23 bits per heavy atom. The Morgan fingerprint density at radius 2 is 2.41 bits per heavy atom. The minimum Gasteiger partial charge on any atom is -0.444 e. The van der Waals surface area contributed by atoms with Crippen LogP contribution in [-0.2, 0) is 13.1 Å². The van der Waals surface area contributed by atoms with Gasteiger partial charge in [0.1, 0.15) is 18.9 Å². The molecule has 1 aliphatic rings. The maximum absolute atomic E-state index is 5.61. The Kier molecular flexibility index (Phi) is 3.74. The van der Waals surface area contributed by atoms with Crippen LogP contribution in [0.3, 0.4) is 0 Å². The average molecular weight is 315 g/mol. The predicted molar refractivity (Wildman–Crippen MR) is 83.3 cm³/mol. The van der Waals surface area contributed by atoms with Crippen molar-refractivity contribution in [2.45, 2.75) is 32.0 Å². The number of likely N-dealkylation sites (tertiary alicyclic amines) is 1. The third-order valence-corrected chi connectivity index (χ3v) is 4.87. The minimum absolute atomic E-state index is 0.489. The van der Waals surface area contributed by atoms with Gasteiger partial charge in [-0.2, -0.15) is 5.10 Å². The molecule has 1 saturated heterocycles. The molecule has 4 rings (SSSR count). The summed E-state index contributed by atoms with van der Waals surface area (Å²) < 4.78 is 7.51. The lowest BCUT2D eigenvalue weighted by Crippen LogP contribution is -2.32. The number of rotatable bonds is 5. The van der Waals surface area contributed by atoms with Gasteiger partial charge in [0.05, 0.1) is 17.1 Å². The molecule has 3 aromatic rings. The highest BCUT2D eigenvalue weighted by Gasteiger charge is 2.26. The van der Waals surface area contributed by atoms with E-state index in [1.165, 1.54) is 12.8 Å². The van der Waals surface area contributed by atoms with Crippen molar-refractivity contribution in [1.82, 2.24) is 24.6 Å². The Balaban J connectivity index is 1.44. The summed E-state index contributed by atoms with van der Waals surface area (Å²) in [5.41, 5.74) is 0.994. The van der Waals surface area contributed by atoms with E-state index in [1.54, 1.807) is 30.3 Å². The highest BCUT2D eigenvalue weighted by Crippen LogP contribution is 2.26. The first-order valence-corrected chi connectivity index (χ1v) is 8.31. The van der Waals surface area contributed by atoms with Crippen molar-refractivity contribution in [3.63, 3.8) is 0 Å². The first kappa shape index (κ1) is 13.7. The van der Waals surface area contributed by atoms with Gasteiger partial charge in [-0.15, -0.1) is 11.3 Å². The van der Waals surface area contributed by atoms with Gasteiger partial charge < -0.3 is 4.42 Å². The summed E-state index contributed by atoms with van der Waals surface area (Å²) in [5, 5.41) is 6.24. The highest BCUT2D eigenvalue weighted by molar-refractivity contribution is 7.13. The molecular formula is C15H17N5OS. The highest BCUT2D eigenvalue weighted by atomic mass is 32.1. The molecule has 1 unspecified atom stereocenters. The van der Waals surface area contributed by atoms with Crippen molar-refractivity contribution in [2.24, 2.45) is 0 Å². The van der Waals surface area contributed by atoms with Crippen molar-refractivity contribution in [2.75, 3.05) is 6.54 Å². The van der Waals surface area contributed by atoms with E-state index in [9.17, 15) is 0 Å². The zero-order valence-electron chi connectivity index (χ0n) is 12.1. The van der Waals surface area contributed by atoms with E-state index < -0.39 is 0 Å². The zero-order valence-corrected chi connectivity index (χ0v) is 12.9. The van der Waals surface area contributed by atoms with Crippen LogP contribution in [0, 0.1) is 0 Å². The van der Waals surface area contributed by atoms with E-state index in [1.807, 2.05) is 22.2 Å². The average Bonchev–Trinajstić information content (AvgIpc) is 3.28. The molecule has 1 aliphatic heterocycles. The number of hydrogen-bond donors (Lipinski definition) is 0. The lowest BCUT2D eigenvalue weighted by atomic mass is 10.2. The number of nitrogens with zero attached hydrogens (tertiary/aromatic N) is 5. The molecule has 1 atom stereocenters. The molecule has 0 radical (unpaired) electrons. The lowest BCUT2D eigenvalue weighted by molar-refractivity contribution is 0.216. The van der Waals surface area contributed by atoms with E-state index in [4.69, 9.17) is 4.42 Å². The van der Waals surface area contributed by atoms with Gasteiger partial charge in [-0.05, 0) is 30.8 Å². The van der Waals surface area contributed by atoms with Gasteiger partial charge in [-0.25, -0.2) is 9.97 Å². The molecule has 0 amide bonds. The van der Waals surface area contributed by atoms with Crippen LogP contribution in [0.15, 0.2) is 40.8 Å². The Bertz CT molecular complexity index is 706. The fourth-order valence-electron chi connectivity index (χ4n) is 2.95. The van der Waals surface area contributed by atoms with Crippen LogP contribution in [0.2, 0.25) is 0 Å². The maximum atomic E-state index is 5.61. The molecule has 4 heterocycles. The Labute approximate surface area is 132 Å². The van der Waals surface area contributed by atoms with Gasteiger partial charge in [-0.3, -0.25) is 9.58 Å². The van der Waals surface area contributed by atoms with Gasteiger partial charge in [0.2, 0.25) is 5.89 Å². The van der Waals surface area contributed by atoms with Crippen LogP contribution in [0.4, 0.5) is 0 Å². The monoisotopic (exact) mass is 315 g/mol. The summed E-state index contributed by atoms with van der Waals surface area (Å²) >= 11 is 1.65. The normalized spacial score (nSPS) is 19.0. The second-order valence-corrected chi connectivity index (χ2v) is 6.45. The van der Waals surface area contributed by atoms with Crippen molar-refractivity contribution in [3.05, 3.63) is 42.1 Å². The summed E-state index contributed by atoms with van der Waals surface area (Å²) in [5.74, 6) is 0.719. The molecule has 3 aromatic heterocycles. The Hall–Kier alpha value is -1.99. The number of thiophene rings is 1. The molecule has 0 bridgehead atoms. The van der Waals surface area contributed by atoms with Crippen LogP contribution < -0.4 is 0 Å². The molecule has 22 heavy (non-hydrogen) atoms. The van der Waals surface area contributed by atoms with Gasteiger partial charge in [0.15, 0.2) is 0 Å². The van der Waals surface area contributed by atoms with E-state index in [0.717, 1.165) is 36.1 Å². The summed E-state index contributed by atoms with van der Waals surface area (Å²) in [6, 6.07) is 4.53. The molecule has 7 heteroatoms. The lowest BCUT2D eigenvalue weighted by Gasteiger charge is -2.23. The van der Waals surface area contributed by atoms with Crippen LogP contribution in [0.5, 0.6) is 0 Å². The van der Waals surface area contributed by atoms with Gasteiger partial charge >= 0.3 is 0 Å². The van der Waals surface area contributed by atoms with Crippen molar-refractivity contribution in [3.8, 4) is 10.8 Å². The van der Waals surface area contributed by atoms with Crippen LogP contribution in [0.1, 0.15) is 18.5 Å². The number of aromatic nitrogens is 4. The second-order valence-electron chi connectivity index (χ2n) is 5.51. The molecule has 0 N–H and O–H groups in total. The first-order valence-electron chi connectivity index (χ1n) is 7.43. The fourth-order valence-corrected chi connectivity index (χ4v) is 3.61. The number of oxazole rings is 1. The first-order chi connectivity index (χ1) is 10.9. The third-order valence-electron chi connectivity index (χ3n) is 4.01. The standard InChI is InChI=1S/C15H17N5OS/c1-3-13(8-20-11-16-10-17-20)19(5-1)7-12-9-21-15(18-12)14-4-2-6-22-14/h2,4,6,9-11,13H,1,3,5,7-8H2. The largest absolute Gasteiger partial charge is 0.444 e. The molecule has 0 spiro atoms. The molecule has 0 aliphatic carbocycles. The van der Waals surface area contributed by atoms with Crippen molar-refractivity contribution < 1.29 is 4.42 Å². The molecule has 1 fully saturated rings. The quantitative estimate of drug-likeness (QED) is 0.724. The molecule has 114 valence electrons. The SMILES string of the molecule is c1csc(-c2nc(CN3CCCC3Cn3cncn3)co2)c1. The summed E-state index contributed by atoms with van der Waals surface area (Å²) in [7, 11) is 0. The molecule has 0 aromatic carbocycles. The van der Waals surface area contributed by atoms with Gasteiger partial charge in [0, 0.05) is 12.6 Å². The molecule has 6 nitrogen and oxygen atoms in total. The molecule has 0 saturated carbocycles. The fraction of sp³-hybridized carbons (Fsp3) is 0.400. The Morgan fingerprint density at radius 1 is 1.41 bits per heavy atom. The predicted octanol–water partition coefficient (Wildman–Crippen LogP) is 2.66. The van der Waals surface area contributed by atoms with E-state index in [-0.39, 0.29) is 0 Å². The zero-order chi connectivity index (χ0) is 14.8. The van der Waals surface area contributed by atoms with Gasteiger partial charge in [0.25, 0.3) is 0 Å². The third kappa shape index (κ3) is 2.82.